The molecule has 1 aromatic heterocycles. The molecule has 8 heteroatoms. The summed E-state index contributed by atoms with van der Waals surface area (Å²) in [7, 11) is 1.55. The van der Waals surface area contributed by atoms with Crippen molar-refractivity contribution < 1.29 is 9.59 Å². The number of carbonyl (C=O) groups is 2. The minimum atomic E-state index is -0.269. The van der Waals surface area contributed by atoms with Crippen molar-refractivity contribution in [1.29, 1.82) is 0 Å². The molecule has 34 heavy (non-hydrogen) atoms. The molecular weight excluding hydrogens is 448 g/mol. The van der Waals surface area contributed by atoms with Gasteiger partial charge in [0.05, 0.1) is 22.3 Å². The molecule has 0 fully saturated rings. The van der Waals surface area contributed by atoms with Crippen molar-refractivity contribution >= 4 is 40.2 Å². The Bertz CT molecular complexity index is 1440. The van der Waals surface area contributed by atoms with E-state index in [-0.39, 0.29) is 23.1 Å². The van der Waals surface area contributed by atoms with Crippen LogP contribution in [0.5, 0.6) is 0 Å². The number of fused-ring (bicyclic) bond motifs is 1. The molecular formula is C26H24N4O3S. The number of hydrogen-bond acceptors (Lipinski definition) is 5. The number of para-hydroxylation sites is 2. The Morgan fingerprint density at radius 1 is 0.971 bits per heavy atom. The van der Waals surface area contributed by atoms with E-state index in [2.05, 4.69) is 10.6 Å². The number of aryl methyl sites for hydroxylation is 2. The molecule has 0 aliphatic heterocycles. The summed E-state index contributed by atoms with van der Waals surface area (Å²) in [6, 6.07) is 19.7. The van der Waals surface area contributed by atoms with E-state index >= 15 is 0 Å². The second-order valence-corrected chi connectivity index (χ2v) is 8.73. The average Bonchev–Trinajstić information content (AvgIpc) is 2.83. The van der Waals surface area contributed by atoms with Gasteiger partial charge in [0.15, 0.2) is 5.16 Å². The van der Waals surface area contributed by atoms with Gasteiger partial charge in [-0.25, -0.2) is 4.98 Å². The van der Waals surface area contributed by atoms with Gasteiger partial charge in [-0.3, -0.25) is 19.0 Å². The molecule has 0 atom stereocenters. The summed E-state index contributed by atoms with van der Waals surface area (Å²) in [5.74, 6) is -0.460. The van der Waals surface area contributed by atoms with Gasteiger partial charge < -0.3 is 10.6 Å². The zero-order valence-corrected chi connectivity index (χ0v) is 19.9. The number of aromatic nitrogens is 2. The number of nitrogens with zero attached hydrogens (tertiary/aromatic N) is 2. The Balaban J connectivity index is 1.66. The molecule has 0 saturated carbocycles. The monoisotopic (exact) mass is 472 g/mol. The molecule has 0 bridgehead atoms. The summed E-state index contributed by atoms with van der Waals surface area (Å²) in [5.41, 5.74) is 4.03. The molecule has 4 aromatic rings. The number of hydrogen-bond donors (Lipinski definition) is 2. The van der Waals surface area contributed by atoms with Gasteiger partial charge in [0, 0.05) is 18.3 Å². The van der Waals surface area contributed by atoms with E-state index in [4.69, 9.17) is 4.98 Å². The van der Waals surface area contributed by atoms with Crippen LogP contribution in [0.25, 0.3) is 16.6 Å². The van der Waals surface area contributed by atoms with Crippen molar-refractivity contribution in [2.45, 2.75) is 19.0 Å². The number of nitrogens with one attached hydrogen (secondary N) is 2. The lowest BCUT2D eigenvalue weighted by Gasteiger charge is -2.17. The Morgan fingerprint density at radius 3 is 2.41 bits per heavy atom. The molecule has 7 nitrogen and oxygen atoms in total. The fraction of sp³-hybridized carbons (Fsp3) is 0.154. The lowest BCUT2D eigenvalue weighted by molar-refractivity contribution is -0.113. The third-order valence-electron chi connectivity index (χ3n) is 5.38. The third kappa shape index (κ3) is 4.72. The smallest absolute Gasteiger partial charge is 0.266 e. The average molecular weight is 473 g/mol. The van der Waals surface area contributed by atoms with Gasteiger partial charge in [0.25, 0.3) is 11.5 Å². The largest absolute Gasteiger partial charge is 0.355 e. The van der Waals surface area contributed by atoms with E-state index in [1.807, 2.05) is 44.2 Å². The third-order valence-corrected chi connectivity index (χ3v) is 6.31. The van der Waals surface area contributed by atoms with Crippen LogP contribution in [0, 0.1) is 13.8 Å². The van der Waals surface area contributed by atoms with Gasteiger partial charge in [0.1, 0.15) is 0 Å². The SMILES string of the molecule is CNC(=O)c1cccc(NC(=O)CSc2nc3ccccc3c(=O)n2-c2c(C)cccc2C)c1. The molecule has 1 heterocycles. The number of thioether (sulfide) groups is 1. The fourth-order valence-electron chi connectivity index (χ4n) is 3.77. The predicted octanol–water partition coefficient (Wildman–Crippen LogP) is 4.09. The summed E-state index contributed by atoms with van der Waals surface area (Å²) >= 11 is 1.19. The normalized spacial score (nSPS) is 10.8. The first-order chi connectivity index (χ1) is 16.4. The van der Waals surface area contributed by atoms with Crippen LogP contribution in [-0.2, 0) is 4.79 Å². The van der Waals surface area contributed by atoms with Crippen molar-refractivity contribution in [2.24, 2.45) is 0 Å². The van der Waals surface area contributed by atoms with Crippen molar-refractivity contribution in [3.05, 3.63) is 93.8 Å². The van der Waals surface area contributed by atoms with Crippen molar-refractivity contribution in [1.82, 2.24) is 14.9 Å². The summed E-state index contributed by atoms with van der Waals surface area (Å²) < 4.78 is 1.59. The van der Waals surface area contributed by atoms with Crippen molar-refractivity contribution in [3.8, 4) is 5.69 Å². The maximum Gasteiger partial charge on any atom is 0.266 e. The van der Waals surface area contributed by atoms with Gasteiger partial charge in [-0.15, -0.1) is 0 Å². The Morgan fingerprint density at radius 2 is 1.68 bits per heavy atom. The zero-order valence-electron chi connectivity index (χ0n) is 19.1. The summed E-state index contributed by atoms with van der Waals surface area (Å²) in [4.78, 5) is 42.8. The van der Waals surface area contributed by atoms with Gasteiger partial charge in [-0.05, 0) is 55.3 Å². The summed E-state index contributed by atoms with van der Waals surface area (Å²) in [5, 5.41) is 6.33. The maximum absolute atomic E-state index is 13.5. The fourth-order valence-corrected chi connectivity index (χ4v) is 4.57. The second-order valence-electron chi connectivity index (χ2n) is 7.79. The Labute approximate surface area is 201 Å². The van der Waals surface area contributed by atoms with Crippen molar-refractivity contribution in [3.63, 3.8) is 0 Å². The van der Waals surface area contributed by atoms with Gasteiger partial charge in [-0.1, -0.05) is 48.2 Å². The molecule has 0 aliphatic rings. The van der Waals surface area contributed by atoms with Crippen LogP contribution < -0.4 is 16.2 Å². The highest BCUT2D eigenvalue weighted by Crippen LogP contribution is 2.25. The van der Waals surface area contributed by atoms with Crippen LogP contribution in [0.3, 0.4) is 0 Å². The van der Waals surface area contributed by atoms with Crippen LogP contribution in [0.2, 0.25) is 0 Å². The molecule has 0 spiro atoms. The number of carbonyl (C=O) groups excluding carboxylic acids is 2. The van der Waals surface area contributed by atoms with Gasteiger partial charge in [0.2, 0.25) is 5.91 Å². The number of anilines is 1. The van der Waals surface area contributed by atoms with Crippen LogP contribution in [0.15, 0.2) is 76.7 Å². The molecule has 0 aliphatic carbocycles. The molecule has 2 N–H and O–H groups in total. The lowest BCUT2D eigenvalue weighted by atomic mass is 10.1. The minimum Gasteiger partial charge on any atom is -0.355 e. The maximum atomic E-state index is 13.5. The highest BCUT2D eigenvalue weighted by Gasteiger charge is 2.17. The first-order valence-corrected chi connectivity index (χ1v) is 11.7. The van der Waals surface area contributed by atoms with E-state index in [0.29, 0.717) is 27.3 Å². The van der Waals surface area contributed by atoms with Crippen LogP contribution in [0.1, 0.15) is 21.5 Å². The van der Waals surface area contributed by atoms with Gasteiger partial charge in [-0.2, -0.15) is 0 Å². The molecule has 2 amide bonds. The topological polar surface area (TPSA) is 93.1 Å². The number of rotatable bonds is 6. The Kier molecular flexibility index (Phi) is 6.79. The molecule has 3 aromatic carbocycles. The van der Waals surface area contributed by atoms with E-state index < -0.39 is 0 Å². The highest BCUT2D eigenvalue weighted by molar-refractivity contribution is 7.99. The molecule has 4 rings (SSSR count). The first-order valence-electron chi connectivity index (χ1n) is 10.7. The van der Waals surface area contributed by atoms with Crippen LogP contribution in [-0.4, -0.2) is 34.2 Å². The van der Waals surface area contributed by atoms with Crippen molar-refractivity contribution in [2.75, 3.05) is 18.1 Å². The highest BCUT2D eigenvalue weighted by atomic mass is 32.2. The second kappa shape index (κ2) is 9.93. The zero-order chi connectivity index (χ0) is 24.2. The lowest BCUT2D eigenvalue weighted by Crippen LogP contribution is -2.24. The van der Waals surface area contributed by atoms with E-state index in [9.17, 15) is 14.4 Å². The van der Waals surface area contributed by atoms with E-state index in [0.717, 1.165) is 16.8 Å². The van der Waals surface area contributed by atoms with Crippen LogP contribution >= 0.6 is 11.8 Å². The quantitative estimate of drug-likeness (QED) is 0.326. The summed E-state index contributed by atoms with van der Waals surface area (Å²) in [6.45, 7) is 3.90. The minimum absolute atomic E-state index is 0.0416. The molecule has 0 radical (unpaired) electrons. The summed E-state index contributed by atoms with van der Waals surface area (Å²) in [6.07, 6.45) is 0. The Hall–Kier alpha value is -3.91. The molecule has 172 valence electrons. The van der Waals surface area contributed by atoms with E-state index in [1.54, 1.807) is 48.0 Å². The number of benzene rings is 3. The first kappa shape index (κ1) is 23.3. The van der Waals surface area contributed by atoms with Crippen LogP contribution in [0.4, 0.5) is 5.69 Å². The molecule has 0 unspecified atom stereocenters. The predicted molar refractivity (Wildman–Crippen MR) is 136 cm³/mol. The standard InChI is InChI=1S/C26H24N4O3S/c1-16-8-6-9-17(2)23(16)30-25(33)20-12-4-5-13-21(20)29-26(30)34-15-22(31)28-19-11-7-10-18(14-19)24(32)27-3/h4-14H,15H2,1-3H3,(H,27,32)(H,28,31). The van der Waals surface area contributed by atoms with E-state index in [1.165, 1.54) is 11.8 Å². The number of amides is 2. The molecule has 0 saturated heterocycles. The van der Waals surface area contributed by atoms with Gasteiger partial charge >= 0.3 is 0 Å².